The van der Waals surface area contributed by atoms with Crippen LogP contribution in [0, 0.1) is 0 Å². The van der Waals surface area contributed by atoms with Crippen LogP contribution >= 0.6 is 11.8 Å². The van der Waals surface area contributed by atoms with Gasteiger partial charge >= 0.3 is 0 Å². The Kier molecular flexibility index (Phi) is 5.51. The smallest absolute Gasteiger partial charge is 0.234 e. The second-order valence-corrected chi connectivity index (χ2v) is 5.30. The van der Waals surface area contributed by atoms with Crippen LogP contribution in [0.1, 0.15) is 0 Å². The van der Waals surface area contributed by atoms with E-state index in [9.17, 15) is 4.79 Å². The van der Waals surface area contributed by atoms with Crippen molar-refractivity contribution in [2.75, 3.05) is 25.3 Å². The van der Waals surface area contributed by atoms with Crippen LogP contribution in [0.25, 0.3) is 0 Å². The van der Waals surface area contributed by atoms with Gasteiger partial charge in [0.25, 0.3) is 0 Å². The minimum atomic E-state index is -0.0592. The normalized spacial score (nSPS) is 10.0. The molecule has 110 valence electrons. The molecule has 2 rings (SSSR count). The van der Waals surface area contributed by atoms with Crippen LogP contribution in [0.2, 0.25) is 0 Å². The fraction of sp³-hybridized carbons (Fsp3) is 0.188. The molecule has 0 saturated heterocycles. The number of carbonyl (C=O) groups is 1. The zero-order valence-corrected chi connectivity index (χ0v) is 12.8. The van der Waals surface area contributed by atoms with Crippen molar-refractivity contribution >= 4 is 23.4 Å². The van der Waals surface area contributed by atoms with E-state index in [0.29, 0.717) is 11.5 Å². The van der Waals surface area contributed by atoms with Crippen LogP contribution in [-0.4, -0.2) is 25.9 Å². The highest BCUT2D eigenvalue weighted by atomic mass is 32.2. The number of nitrogens with one attached hydrogen (secondary N) is 1. The average Bonchev–Trinajstić information content (AvgIpc) is 2.53. The van der Waals surface area contributed by atoms with Gasteiger partial charge in [-0.3, -0.25) is 4.79 Å². The molecule has 4 nitrogen and oxygen atoms in total. The maximum Gasteiger partial charge on any atom is 0.234 e. The summed E-state index contributed by atoms with van der Waals surface area (Å²) >= 11 is 1.46. The predicted molar refractivity (Wildman–Crippen MR) is 85.3 cm³/mol. The lowest BCUT2D eigenvalue weighted by Crippen LogP contribution is -2.13. The fourth-order valence-corrected chi connectivity index (χ4v) is 2.48. The molecular weight excluding hydrogens is 286 g/mol. The number of benzene rings is 2. The fourth-order valence-electron chi connectivity index (χ4n) is 1.74. The number of carbonyl (C=O) groups excluding carboxylic acids is 1. The third-order valence-corrected chi connectivity index (χ3v) is 3.76. The van der Waals surface area contributed by atoms with Crippen molar-refractivity contribution in [3.63, 3.8) is 0 Å². The molecule has 5 heteroatoms. The molecule has 0 bridgehead atoms. The molecule has 0 aliphatic heterocycles. The summed E-state index contributed by atoms with van der Waals surface area (Å²) in [5.74, 6) is 1.78. The number of anilines is 1. The van der Waals surface area contributed by atoms with Crippen LogP contribution in [-0.2, 0) is 4.79 Å². The van der Waals surface area contributed by atoms with E-state index >= 15 is 0 Å². The number of thioether (sulfide) groups is 1. The Labute approximate surface area is 128 Å². The van der Waals surface area contributed by atoms with Gasteiger partial charge < -0.3 is 14.8 Å². The molecule has 0 spiro atoms. The average molecular weight is 303 g/mol. The molecule has 0 fully saturated rings. The Morgan fingerprint density at radius 3 is 2.43 bits per heavy atom. The first kappa shape index (κ1) is 15.3. The Morgan fingerprint density at radius 1 is 1.05 bits per heavy atom. The van der Waals surface area contributed by atoms with Crippen LogP contribution in [0.3, 0.4) is 0 Å². The Bertz CT molecular complexity index is 616. The topological polar surface area (TPSA) is 47.6 Å². The molecule has 0 radical (unpaired) electrons. The molecule has 0 aliphatic rings. The molecule has 0 aliphatic carbocycles. The Balaban J connectivity index is 1.89. The summed E-state index contributed by atoms with van der Waals surface area (Å²) in [7, 11) is 3.22. The van der Waals surface area contributed by atoms with Gasteiger partial charge in [-0.2, -0.15) is 0 Å². The number of methoxy groups -OCH3 is 2. The lowest BCUT2D eigenvalue weighted by molar-refractivity contribution is -0.113. The van der Waals surface area contributed by atoms with Crippen molar-refractivity contribution in [2.24, 2.45) is 0 Å². The highest BCUT2D eigenvalue weighted by Crippen LogP contribution is 2.23. The molecule has 0 heterocycles. The minimum Gasteiger partial charge on any atom is -0.497 e. The zero-order valence-electron chi connectivity index (χ0n) is 12.0. The largest absolute Gasteiger partial charge is 0.497 e. The molecular formula is C16H17NO3S. The van der Waals surface area contributed by atoms with E-state index < -0.39 is 0 Å². The summed E-state index contributed by atoms with van der Waals surface area (Å²) < 4.78 is 10.3. The van der Waals surface area contributed by atoms with E-state index in [2.05, 4.69) is 5.32 Å². The Morgan fingerprint density at radius 2 is 1.71 bits per heavy atom. The summed E-state index contributed by atoms with van der Waals surface area (Å²) in [5.41, 5.74) is 0.727. The number of rotatable bonds is 6. The second kappa shape index (κ2) is 7.59. The number of ether oxygens (including phenoxy) is 2. The molecule has 1 N–H and O–H groups in total. The van der Waals surface area contributed by atoms with Crippen molar-refractivity contribution in [1.29, 1.82) is 0 Å². The van der Waals surface area contributed by atoms with Gasteiger partial charge in [0.1, 0.15) is 11.5 Å². The van der Waals surface area contributed by atoms with Gasteiger partial charge in [0.05, 0.1) is 20.0 Å². The van der Waals surface area contributed by atoms with E-state index in [1.807, 2.05) is 42.5 Å². The van der Waals surface area contributed by atoms with Gasteiger partial charge in [0.15, 0.2) is 0 Å². The van der Waals surface area contributed by atoms with Crippen molar-refractivity contribution in [1.82, 2.24) is 0 Å². The second-order valence-electron chi connectivity index (χ2n) is 4.25. The van der Waals surface area contributed by atoms with Crippen LogP contribution in [0.5, 0.6) is 11.5 Å². The molecule has 1 amide bonds. The first-order valence-corrected chi connectivity index (χ1v) is 7.40. The first-order chi connectivity index (χ1) is 10.2. The van der Waals surface area contributed by atoms with Crippen molar-refractivity contribution in [3.8, 4) is 11.5 Å². The molecule has 0 saturated carbocycles. The van der Waals surface area contributed by atoms with Gasteiger partial charge in [-0.05, 0) is 30.3 Å². The number of amides is 1. The van der Waals surface area contributed by atoms with Crippen LogP contribution in [0.15, 0.2) is 53.4 Å². The van der Waals surface area contributed by atoms with E-state index in [-0.39, 0.29) is 5.91 Å². The molecule has 2 aromatic rings. The minimum absolute atomic E-state index is 0.0592. The van der Waals surface area contributed by atoms with Gasteiger partial charge in [0.2, 0.25) is 5.91 Å². The lowest BCUT2D eigenvalue weighted by atomic mass is 10.3. The van der Waals surface area contributed by atoms with E-state index in [1.165, 1.54) is 11.8 Å². The molecule has 0 atom stereocenters. The van der Waals surface area contributed by atoms with E-state index in [4.69, 9.17) is 9.47 Å². The lowest BCUT2D eigenvalue weighted by Gasteiger charge is -2.07. The summed E-state index contributed by atoms with van der Waals surface area (Å²) in [6.07, 6.45) is 0. The number of hydrogen-bond donors (Lipinski definition) is 1. The van der Waals surface area contributed by atoms with Crippen LogP contribution < -0.4 is 14.8 Å². The van der Waals surface area contributed by atoms with Crippen LogP contribution in [0.4, 0.5) is 5.69 Å². The summed E-state index contributed by atoms with van der Waals surface area (Å²) in [5, 5.41) is 2.84. The standard InChI is InChI=1S/C16H17NO3S/c1-19-13-6-3-5-12(9-13)17-16(18)11-21-15-8-4-7-14(10-15)20-2/h3-10H,11H2,1-2H3,(H,17,18). The van der Waals surface area contributed by atoms with E-state index in [0.717, 1.165) is 16.3 Å². The molecule has 0 unspecified atom stereocenters. The van der Waals surface area contributed by atoms with Crippen molar-refractivity contribution in [3.05, 3.63) is 48.5 Å². The Hall–Kier alpha value is -2.14. The first-order valence-electron chi connectivity index (χ1n) is 6.42. The quantitative estimate of drug-likeness (QED) is 0.831. The highest BCUT2D eigenvalue weighted by Gasteiger charge is 2.05. The summed E-state index contributed by atoms with van der Waals surface area (Å²) in [6.45, 7) is 0. The predicted octanol–water partition coefficient (Wildman–Crippen LogP) is 3.43. The maximum atomic E-state index is 11.9. The van der Waals surface area contributed by atoms with Gasteiger partial charge in [-0.25, -0.2) is 0 Å². The molecule has 21 heavy (non-hydrogen) atoms. The molecule has 2 aromatic carbocycles. The van der Waals surface area contributed by atoms with Crippen molar-refractivity contribution in [2.45, 2.75) is 4.90 Å². The van der Waals surface area contributed by atoms with E-state index in [1.54, 1.807) is 20.3 Å². The number of hydrogen-bond acceptors (Lipinski definition) is 4. The highest BCUT2D eigenvalue weighted by molar-refractivity contribution is 8.00. The van der Waals surface area contributed by atoms with Gasteiger partial charge in [-0.1, -0.05) is 12.1 Å². The summed E-state index contributed by atoms with van der Waals surface area (Å²) in [6, 6.07) is 14.9. The third-order valence-electron chi connectivity index (χ3n) is 2.76. The third kappa shape index (κ3) is 4.72. The van der Waals surface area contributed by atoms with Gasteiger partial charge in [-0.15, -0.1) is 11.8 Å². The summed E-state index contributed by atoms with van der Waals surface area (Å²) in [4.78, 5) is 12.9. The SMILES string of the molecule is COc1cccc(NC(=O)CSc2cccc(OC)c2)c1. The molecule has 0 aromatic heterocycles. The monoisotopic (exact) mass is 303 g/mol. The zero-order chi connectivity index (χ0) is 15.1. The maximum absolute atomic E-state index is 11.9. The van der Waals surface area contributed by atoms with Gasteiger partial charge in [0, 0.05) is 16.6 Å². The van der Waals surface area contributed by atoms with Crippen molar-refractivity contribution < 1.29 is 14.3 Å².